The first-order valence-corrected chi connectivity index (χ1v) is 9.94. The smallest absolute Gasteiger partial charge is 0.251 e. The van der Waals surface area contributed by atoms with E-state index in [1.807, 2.05) is 18.3 Å². The molecule has 0 bridgehead atoms. The Kier molecular flexibility index (Phi) is 5.03. The highest BCUT2D eigenvalue weighted by molar-refractivity contribution is 5.94. The molecule has 1 unspecified atom stereocenters. The van der Waals surface area contributed by atoms with E-state index in [1.54, 1.807) is 23.9 Å². The first-order valence-electron chi connectivity index (χ1n) is 9.94. The molecule has 1 amide bonds. The average molecular weight is 379 g/mol. The summed E-state index contributed by atoms with van der Waals surface area (Å²) in [4.78, 5) is 12.9. The fraction of sp³-hybridized carbons (Fsp3) is 0.524. The predicted molar refractivity (Wildman–Crippen MR) is 103 cm³/mol. The molecule has 0 spiro atoms. The Bertz CT molecular complexity index is 890. The van der Waals surface area contributed by atoms with E-state index < -0.39 is 5.54 Å². The van der Waals surface area contributed by atoms with Crippen molar-refractivity contribution in [1.82, 2.24) is 20.3 Å². The fourth-order valence-corrected chi connectivity index (χ4v) is 4.03. The minimum atomic E-state index is -0.542. The second kappa shape index (κ2) is 7.63. The number of hydrogen-bond acceptors (Lipinski definition) is 5. The Hall–Kier alpha value is -2.88. The molecule has 2 fully saturated rings. The molecular weight excluding hydrogens is 354 g/mol. The summed E-state index contributed by atoms with van der Waals surface area (Å²) < 4.78 is 6.91. The summed E-state index contributed by atoms with van der Waals surface area (Å²) in [7, 11) is 1.59. The topological polar surface area (TPSA) is 92.8 Å². The molecule has 0 aliphatic heterocycles. The monoisotopic (exact) mass is 379 g/mol. The number of methoxy groups -OCH3 is 1. The Morgan fingerprint density at radius 3 is 2.82 bits per heavy atom. The molecule has 146 valence electrons. The van der Waals surface area contributed by atoms with Gasteiger partial charge in [0.25, 0.3) is 5.91 Å². The molecule has 1 aromatic heterocycles. The van der Waals surface area contributed by atoms with Gasteiger partial charge in [-0.3, -0.25) is 4.79 Å². The molecule has 1 N–H and O–H groups in total. The van der Waals surface area contributed by atoms with Crippen molar-refractivity contribution in [3.63, 3.8) is 0 Å². The highest BCUT2D eigenvalue weighted by atomic mass is 16.5. The van der Waals surface area contributed by atoms with Gasteiger partial charge in [-0.25, -0.2) is 4.68 Å². The molecule has 2 aliphatic carbocycles. The van der Waals surface area contributed by atoms with Crippen LogP contribution in [0.25, 0.3) is 0 Å². The van der Waals surface area contributed by atoms with Crippen LogP contribution in [-0.4, -0.2) is 28.0 Å². The van der Waals surface area contributed by atoms with Gasteiger partial charge < -0.3 is 10.1 Å². The molecule has 0 radical (unpaired) electrons. The average Bonchev–Trinajstić information content (AvgIpc) is 3.41. The molecule has 1 heterocycles. The third-order valence-corrected chi connectivity index (χ3v) is 5.94. The Morgan fingerprint density at radius 2 is 2.14 bits per heavy atom. The Morgan fingerprint density at radius 1 is 1.36 bits per heavy atom. The Labute approximate surface area is 164 Å². The number of hydrogen-bond donors (Lipinski definition) is 1. The van der Waals surface area contributed by atoms with Crippen molar-refractivity contribution < 1.29 is 9.53 Å². The maximum Gasteiger partial charge on any atom is 0.251 e. The minimum absolute atomic E-state index is 0.148. The molecule has 4 rings (SSSR count). The molecule has 0 saturated heterocycles. The van der Waals surface area contributed by atoms with Gasteiger partial charge in [-0.05, 0) is 49.8 Å². The second-order valence-electron chi connectivity index (χ2n) is 7.81. The molecule has 7 heteroatoms. The fourth-order valence-electron chi connectivity index (χ4n) is 4.03. The van der Waals surface area contributed by atoms with Gasteiger partial charge in [-0.1, -0.05) is 30.5 Å². The van der Waals surface area contributed by atoms with Crippen LogP contribution in [0.3, 0.4) is 0 Å². The lowest BCUT2D eigenvalue weighted by atomic mass is 9.82. The number of ether oxygens (including phenoxy) is 1. The molecule has 1 atom stereocenters. The lowest BCUT2D eigenvalue weighted by molar-refractivity contribution is 0.0910. The van der Waals surface area contributed by atoms with Crippen LogP contribution < -0.4 is 10.1 Å². The van der Waals surface area contributed by atoms with Crippen LogP contribution in [-0.2, 0) is 5.54 Å². The summed E-state index contributed by atoms with van der Waals surface area (Å²) in [6, 6.07) is 9.27. The normalized spacial score (nSPS) is 19.4. The summed E-state index contributed by atoms with van der Waals surface area (Å²) in [6.07, 6.45) is 9.11. The molecule has 1 aromatic carbocycles. The number of nitriles is 1. The maximum absolute atomic E-state index is 12.9. The van der Waals surface area contributed by atoms with Gasteiger partial charge in [0.2, 0.25) is 0 Å². The van der Waals surface area contributed by atoms with Crippen molar-refractivity contribution in [1.29, 1.82) is 5.26 Å². The summed E-state index contributed by atoms with van der Waals surface area (Å²) in [5.74, 6) is 0.827. The van der Waals surface area contributed by atoms with Crippen molar-refractivity contribution in [3.05, 3.63) is 41.7 Å². The molecule has 2 aliphatic rings. The van der Waals surface area contributed by atoms with Gasteiger partial charge in [-0.2, -0.15) is 5.26 Å². The molecular formula is C21H25N5O2. The highest BCUT2D eigenvalue weighted by Crippen LogP contribution is 2.43. The standard InChI is InChI=1S/C21H25N5O2/c1-28-17-9-5-8-16(12-17)20(27)23-19(15-6-3-2-4-7-15)18-13-26(25-24-18)21(14-22)10-11-21/h5,8-9,12-13,15,19H,2-4,6-7,10-11H2,1H3,(H,23,27). The van der Waals surface area contributed by atoms with Crippen molar-refractivity contribution in [2.45, 2.75) is 56.5 Å². The molecule has 2 aromatic rings. The minimum Gasteiger partial charge on any atom is -0.497 e. The number of benzene rings is 1. The zero-order chi connectivity index (χ0) is 19.6. The number of rotatable bonds is 6. The number of carbonyl (C=O) groups is 1. The van der Waals surface area contributed by atoms with Gasteiger partial charge >= 0.3 is 0 Å². The third kappa shape index (κ3) is 3.59. The quantitative estimate of drug-likeness (QED) is 0.831. The molecule has 28 heavy (non-hydrogen) atoms. The van der Waals surface area contributed by atoms with E-state index in [1.165, 1.54) is 6.42 Å². The number of carbonyl (C=O) groups excluding carboxylic acids is 1. The van der Waals surface area contributed by atoms with Crippen molar-refractivity contribution in [2.75, 3.05) is 7.11 Å². The van der Waals surface area contributed by atoms with Gasteiger partial charge in [0.15, 0.2) is 5.54 Å². The zero-order valence-electron chi connectivity index (χ0n) is 16.1. The van der Waals surface area contributed by atoms with Crippen molar-refractivity contribution >= 4 is 5.91 Å². The van der Waals surface area contributed by atoms with Crippen LogP contribution >= 0.6 is 0 Å². The van der Waals surface area contributed by atoms with Gasteiger partial charge in [0, 0.05) is 5.56 Å². The number of nitrogens with zero attached hydrogens (tertiary/aromatic N) is 4. The number of amides is 1. The van der Waals surface area contributed by atoms with Gasteiger partial charge in [0.1, 0.15) is 11.4 Å². The van der Waals surface area contributed by atoms with E-state index in [-0.39, 0.29) is 11.9 Å². The number of aromatic nitrogens is 3. The van der Waals surface area contributed by atoms with Crippen molar-refractivity contribution in [3.8, 4) is 11.8 Å². The van der Waals surface area contributed by atoms with E-state index in [4.69, 9.17) is 4.74 Å². The summed E-state index contributed by atoms with van der Waals surface area (Å²) in [5.41, 5.74) is 0.757. The first kappa shape index (κ1) is 18.5. The largest absolute Gasteiger partial charge is 0.497 e. The van der Waals surface area contributed by atoms with Crippen LogP contribution in [0.4, 0.5) is 0 Å². The van der Waals surface area contributed by atoms with E-state index in [0.29, 0.717) is 17.2 Å². The Balaban J connectivity index is 1.59. The van der Waals surface area contributed by atoms with Gasteiger partial charge in [0.05, 0.1) is 25.4 Å². The maximum atomic E-state index is 12.9. The van der Waals surface area contributed by atoms with Crippen LogP contribution in [0, 0.1) is 17.2 Å². The van der Waals surface area contributed by atoms with Gasteiger partial charge in [-0.15, -0.1) is 5.10 Å². The summed E-state index contributed by atoms with van der Waals surface area (Å²) >= 11 is 0. The van der Waals surface area contributed by atoms with E-state index in [0.717, 1.165) is 44.2 Å². The zero-order valence-corrected chi connectivity index (χ0v) is 16.1. The molecule has 2 saturated carbocycles. The van der Waals surface area contributed by atoms with E-state index in [9.17, 15) is 10.1 Å². The molecule has 7 nitrogen and oxygen atoms in total. The lowest BCUT2D eigenvalue weighted by Crippen LogP contribution is -2.34. The van der Waals surface area contributed by atoms with Crippen molar-refractivity contribution in [2.24, 2.45) is 5.92 Å². The summed E-state index contributed by atoms with van der Waals surface area (Å²) in [5, 5.41) is 21.2. The predicted octanol–water partition coefficient (Wildman–Crippen LogP) is 3.35. The number of nitrogens with one attached hydrogen (secondary N) is 1. The third-order valence-electron chi connectivity index (χ3n) is 5.94. The lowest BCUT2D eigenvalue weighted by Gasteiger charge is -2.29. The SMILES string of the molecule is COc1cccc(C(=O)NC(c2cn(C3(C#N)CC3)nn2)C2CCCCC2)c1. The second-order valence-corrected chi connectivity index (χ2v) is 7.81. The van der Waals surface area contributed by atoms with Crippen LogP contribution in [0.5, 0.6) is 5.75 Å². The van der Waals surface area contributed by atoms with E-state index >= 15 is 0 Å². The first-order chi connectivity index (χ1) is 13.6. The summed E-state index contributed by atoms with van der Waals surface area (Å²) in [6.45, 7) is 0. The van der Waals surface area contributed by atoms with Crippen LogP contribution in [0.1, 0.15) is 67.0 Å². The van der Waals surface area contributed by atoms with Crippen LogP contribution in [0.15, 0.2) is 30.5 Å². The van der Waals surface area contributed by atoms with E-state index in [2.05, 4.69) is 21.7 Å². The van der Waals surface area contributed by atoms with Crippen LogP contribution in [0.2, 0.25) is 0 Å². The highest BCUT2D eigenvalue weighted by Gasteiger charge is 2.47.